The van der Waals surface area contributed by atoms with E-state index in [1.54, 1.807) is 12.1 Å². The molecule has 2 atom stereocenters. The highest BCUT2D eigenvalue weighted by molar-refractivity contribution is 5.81. The molecule has 1 aromatic rings. The Morgan fingerprint density at radius 1 is 0.731 bits per heavy atom. The lowest BCUT2D eigenvalue weighted by Crippen LogP contribution is -2.20. The van der Waals surface area contributed by atoms with E-state index in [2.05, 4.69) is 18.2 Å². The molecule has 1 aromatic carbocycles. The fourth-order valence-corrected chi connectivity index (χ4v) is 4.80. The minimum absolute atomic E-state index is 0.338. The number of phenols is 1. The van der Waals surface area contributed by atoms with E-state index in [1.165, 1.54) is 54.4 Å². The molecule has 0 fully saturated rings. The number of rotatable bonds is 3. The van der Waals surface area contributed by atoms with Crippen LogP contribution in [0.5, 0.6) is 5.75 Å². The van der Waals surface area contributed by atoms with E-state index in [4.69, 9.17) is 0 Å². The molecule has 0 amide bonds. The van der Waals surface area contributed by atoms with Crippen LogP contribution < -0.4 is 0 Å². The maximum absolute atomic E-state index is 11.4. The zero-order valence-electron chi connectivity index (χ0n) is 15.4. The summed E-state index contributed by atoms with van der Waals surface area (Å²) >= 11 is 0. The monoisotopic (exact) mass is 348 g/mol. The molecule has 0 bridgehead atoms. The molecule has 0 heterocycles. The summed E-state index contributed by atoms with van der Waals surface area (Å²) in [4.78, 5) is 11.4. The molecule has 2 heteroatoms. The van der Waals surface area contributed by atoms with Gasteiger partial charge in [-0.25, -0.2) is 0 Å². The summed E-state index contributed by atoms with van der Waals surface area (Å²) in [6.45, 7) is 0. The van der Waals surface area contributed by atoms with E-state index in [0.29, 0.717) is 18.0 Å². The molecule has 0 radical (unpaired) electrons. The zero-order chi connectivity index (χ0) is 17.9. The van der Waals surface area contributed by atoms with Crippen LogP contribution in [-0.2, 0) is 4.79 Å². The summed E-state index contributed by atoms with van der Waals surface area (Å²) in [5.74, 6) is 2.34. The van der Waals surface area contributed by atoms with E-state index in [1.807, 2.05) is 12.1 Å². The van der Waals surface area contributed by atoms with Crippen LogP contribution in [0.25, 0.3) is 5.57 Å². The lowest BCUT2D eigenvalue weighted by Gasteiger charge is -2.33. The molecule has 4 rings (SSSR count). The molecule has 3 aliphatic rings. The Labute approximate surface area is 156 Å². The van der Waals surface area contributed by atoms with Crippen molar-refractivity contribution in [3.8, 4) is 5.75 Å². The standard InChI is InChI=1S/C24H28O2/c25-23-13-9-21(10-14-23)19-5-1-17(2-6-19)18-3-7-20(8-4-18)22-11-15-24(26)16-12-22/h5,7,9-11,13-14,17-18,25H,1-4,6,8,12,15-16H2. The van der Waals surface area contributed by atoms with Crippen LogP contribution in [0.15, 0.2) is 53.6 Å². The highest BCUT2D eigenvalue weighted by atomic mass is 16.3. The SMILES string of the molecule is O=C1CC=C(C2=CCC(C3CC=C(c4ccc(O)cc4)CC3)CC2)CC1. The molecule has 26 heavy (non-hydrogen) atoms. The van der Waals surface area contributed by atoms with Crippen LogP contribution in [0, 0.1) is 11.8 Å². The van der Waals surface area contributed by atoms with Crippen molar-refractivity contribution in [2.75, 3.05) is 0 Å². The number of benzene rings is 1. The van der Waals surface area contributed by atoms with Crippen LogP contribution in [-0.4, -0.2) is 10.9 Å². The molecule has 2 nitrogen and oxygen atoms in total. The summed E-state index contributed by atoms with van der Waals surface area (Å²) < 4.78 is 0. The molecule has 1 N–H and O–H groups in total. The number of allylic oxidation sites excluding steroid dienone is 6. The molecule has 0 aliphatic heterocycles. The molecule has 0 spiro atoms. The molecule has 0 saturated carbocycles. The summed E-state index contributed by atoms with van der Waals surface area (Å²) in [5.41, 5.74) is 5.65. The van der Waals surface area contributed by atoms with E-state index in [9.17, 15) is 9.90 Å². The first-order valence-corrected chi connectivity index (χ1v) is 10.1. The summed E-state index contributed by atoms with van der Waals surface area (Å²) in [6.07, 6.45) is 16.7. The first-order valence-electron chi connectivity index (χ1n) is 10.1. The summed E-state index contributed by atoms with van der Waals surface area (Å²) in [7, 11) is 0. The van der Waals surface area contributed by atoms with Crippen molar-refractivity contribution in [2.24, 2.45) is 11.8 Å². The van der Waals surface area contributed by atoms with E-state index in [-0.39, 0.29) is 0 Å². The second-order valence-corrected chi connectivity index (χ2v) is 8.05. The van der Waals surface area contributed by atoms with Gasteiger partial charge in [-0.05, 0) is 91.2 Å². The third-order valence-corrected chi connectivity index (χ3v) is 6.47. The highest BCUT2D eigenvalue weighted by Gasteiger charge is 2.27. The molecular weight excluding hydrogens is 320 g/mol. The normalized spacial score (nSPS) is 26.8. The molecule has 3 aliphatic carbocycles. The van der Waals surface area contributed by atoms with Gasteiger partial charge in [0.15, 0.2) is 0 Å². The number of ketones is 1. The maximum Gasteiger partial charge on any atom is 0.137 e. The van der Waals surface area contributed by atoms with E-state index >= 15 is 0 Å². The number of hydrogen-bond acceptors (Lipinski definition) is 2. The topological polar surface area (TPSA) is 37.3 Å². The minimum Gasteiger partial charge on any atom is -0.508 e. The fraction of sp³-hybridized carbons (Fsp3) is 0.458. The Balaban J connectivity index is 1.35. The van der Waals surface area contributed by atoms with Gasteiger partial charge in [-0.1, -0.05) is 30.4 Å². The van der Waals surface area contributed by atoms with Crippen LogP contribution >= 0.6 is 0 Å². The largest absolute Gasteiger partial charge is 0.508 e. The maximum atomic E-state index is 11.4. The van der Waals surface area contributed by atoms with Crippen LogP contribution in [0.4, 0.5) is 0 Å². The van der Waals surface area contributed by atoms with Crippen molar-refractivity contribution in [3.05, 3.63) is 59.2 Å². The Bertz CT molecular complexity index is 764. The predicted molar refractivity (Wildman–Crippen MR) is 106 cm³/mol. The molecule has 0 saturated heterocycles. The fourth-order valence-electron chi connectivity index (χ4n) is 4.80. The van der Waals surface area contributed by atoms with Gasteiger partial charge in [-0.15, -0.1) is 0 Å². The first kappa shape index (κ1) is 17.3. The second kappa shape index (κ2) is 7.65. The highest BCUT2D eigenvalue weighted by Crippen LogP contribution is 2.41. The number of carbonyl (C=O) groups is 1. The molecule has 0 aromatic heterocycles. The van der Waals surface area contributed by atoms with Crippen molar-refractivity contribution in [3.63, 3.8) is 0 Å². The quantitative estimate of drug-likeness (QED) is 0.729. The molecule has 2 unspecified atom stereocenters. The van der Waals surface area contributed by atoms with Crippen LogP contribution in [0.3, 0.4) is 0 Å². The van der Waals surface area contributed by atoms with Gasteiger partial charge in [0.1, 0.15) is 11.5 Å². The smallest absolute Gasteiger partial charge is 0.137 e. The van der Waals surface area contributed by atoms with Crippen molar-refractivity contribution in [1.29, 1.82) is 0 Å². The van der Waals surface area contributed by atoms with Gasteiger partial charge < -0.3 is 5.11 Å². The third-order valence-electron chi connectivity index (χ3n) is 6.47. The predicted octanol–water partition coefficient (Wildman–Crippen LogP) is 5.98. The minimum atomic E-state index is 0.338. The lowest BCUT2D eigenvalue weighted by atomic mass is 9.72. The third kappa shape index (κ3) is 3.85. The Kier molecular flexibility index (Phi) is 5.10. The number of Topliss-reactive ketones (excluding diaryl/α,β-unsaturated/α-hetero) is 1. The average molecular weight is 348 g/mol. The van der Waals surface area contributed by atoms with Crippen molar-refractivity contribution < 1.29 is 9.90 Å². The number of aromatic hydroxyl groups is 1. The van der Waals surface area contributed by atoms with Crippen molar-refractivity contribution in [1.82, 2.24) is 0 Å². The Morgan fingerprint density at radius 3 is 1.88 bits per heavy atom. The lowest BCUT2D eigenvalue weighted by molar-refractivity contribution is -0.118. The summed E-state index contributed by atoms with van der Waals surface area (Å²) in [5, 5.41) is 9.45. The zero-order valence-corrected chi connectivity index (χ0v) is 15.4. The second-order valence-electron chi connectivity index (χ2n) is 8.05. The molecule has 136 valence electrons. The Hall–Kier alpha value is -2.09. The van der Waals surface area contributed by atoms with Crippen molar-refractivity contribution >= 4 is 11.4 Å². The Morgan fingerprint density at radius 2 is 1.35 bits per heavy atom. The van der Waals surface area contributed by atoms with Gasteiger partial charge >= 0.3 is 0 Å². The van der Waals surface area contributed by atoms with Gasteiger partial charge in [-0.3, -0.25) is 4.79 Å². The summed E-state index contributed by atoms with van der Waals surface area (Å²) in [6, 6.07) is 7.62. The van der Waals surface area contributed by atoms with Crippen LogP contribution in [0.1, 0.15) is 63.4 Å². The average Bonchev–Trinajstić information content (AvgIpc) is 2.70. The van der Waals surface area contributed by atoms with E-state index in [0.717, 1.165) is 31.1 Å². The van der Waals surface area contributed by atoms with Gasteiger partial charge in [0.05, 0.1) is 0 Å². The van der Waals surface area contributed by atoms with Gasteiger partial charge in [0, 0.05) is 12.8 Å². The van der Waals surface area contributed by atoms with Crippen LogP contribution in [0.2, 0.25) is 0 Å². The number of hydrogen-bond donors (Lipinski definition) is 1. The van der Waals surface area contributed by atoms with Gasteiger partial charge in [0.25, 0.3) is 0 Å². The van der Waals surface area contributed by atoms with Gasteiger partial charge in [0.2, 0.25) is 0 Å². The van der Waals surface area contributed by atoms with Crippen molar-refractivity contribution in [2.45, 2.75) is 57.8 Å². The van der Waals surface area contributed by atoms with Gasteiger partial charge in [-0.2, -0.15) is 0 Å². The first-order chi connectivity index (χ1) is 12.7. The number of carbonyl (C=O) groups excluding carboxylic acids is 1. The molecular formula is C24H28O2. The van der Waals surface area contributed by atoms with E-state index < -0.39 is 0 Å². The number of phenolic OH excluding ortho intramolecular Hbond substituents is 1.